The average Bonchev–Trinajstić information content (AvgIpc) is 3.38. The van der Waals surface area contributed by atoms with E-state index in [1.807, 2.05) is 19.1 Å². The minimum Gasteiger partial charge on any atom is -0.466 e. The monoisotopic (exact) mass is 734 g/mol. The molecule has 5 atom stereocenters. The van der Waals surface area contributed by atoms with Crippen LogP contribution in [0.5, 0.6) is 0 Å². The maximum atomic E-state index is 11.7. The van der Waals surface area contributed by atoms with Crippen molar-refractivity contribution in [2.24, 2.45) is 11.8 Å². The van der Waals surface area contributed by atoms with Crippen molar-refractivity contribution >= 4 is 33.0 Å². The Balaban J connectivity index is 2.03. The minimum atomic E-state index is -2.84. The summed E-state index contributed by atoms with van der Waals surface area (Å²) < 4.78 is 20.3. The third-order valence-electron chi connectivity index (χ3n) is 11.2. The fraction of sp³-hybridized carbons (Fsp3) is 0.614. The number of hydrogen-bond donors (Lipinski definition) is 1. The van der Waals surface area contributed by atoms with Crippen molar-refractivity contribution in [1.82, 2.24) is 0 Å². The molecule has 1 saturated carbocycles. The first-order valence-electron chi connectivity index (χ1n) is 19.7. The van der Waals surface area contributed by atoms with Crippen molar-refractivity contribution in [3.63, 3.8) is 0 Å². The Morgan fingerprint density at radius 3 is 1.98 bits per heavy atom. The van der Waals surface area contributed by atoms with Gasteiger partial charge >= 0.3 is 5.97 Å². The van der Waals surface area contributed by atoms with Crippen molar-refractivity contribution in [2.75, 3.05) is 6.61 Å². The molecule has 0 aliphatic heterocycles. The molecule has 1 aliphatic rings. The highest BCUT2D eigenvalue weighted by Crippen LogP contribution is 2.48. The Bertz CT molecular complexity index is 1320. The van der Waals surface area contributed by atoms with Gasteiger partial charge in [0.25, 0.3) is 8.32 Å². The lowest BCUT2D eigenvalue weighted by Gasteiger charge is -2.45. The molecule has 0 radical (unpaired) electrons. The van der Waals surface area contributed by atoms with Crippen molar-refractivity contribution in [2.45, 2.75) is 155 Å². The van der Waals surface area contributed by atoms with Crippen LogP contribution >= 0.6 is 0 Å². The number of allylic oxidation sites excluding steroid dienone is 1. The van der Waals surface area contributed by atoms with E-state index in [0.29, 0.717) is 25.4 Å². The van der Waals surface area contributed by atoms with E-state index in [1.165, 1.54) is 23.2 Å². The van der Waals surface area contributed by atoms with Gasteiger partial charge in [0.2, 0.25) is 0 Å². The first-order chi connectivity index (χ1) is 24.1. The molecule has 51 heavy (non-hydrogen) atoms. The van der Waals surface area contributed by atoms with Gasteiger partial charge in [0.05, 0.1) is 24.9 Å². The number of carbonyl (C=O) groups is 1. The molecule has 0 saturated heterocycles. The number of esters is 1. The van der Waals surface area contributed by atoms with Crippen LogP contribution in [0.1, 0.15) is 113 Å². The lowest BCUT2D eigenvalue weighted by atomic mass is 9.88. The van der Waals surface area contributed by atoms with Crippen LogP contribution in [0.4, 0.5) is 0 Å². The van der Waals surface area contributed by atoms with Gasteiger partial charge in [0, 0.05) is 12.3 Å². The Morgan fingerprint density at radius 1 is 0.843 bits per heavy atom. The van der Waals surface area contributed by atoms with Gasteiger partial charge < -0.3 is 18.7 Å². The summed E-state index contributed by atoms with van der Waals surface area (Å²) in [5.74, 6) is 0.266. The van der Waals surface area contributed by atoms with E-state index in [0.717, 1.165) is 32.1 Å². The van der Waals surface area contributed by atoms with Gasteiger partial charge in [-0.2, -0.15) is 0 Å². The lowest BCUT2D eigenvalue weighted by Crippen LogP contribution is -2.68. The third kappa shape index (κ3) is 11.8. The van der Waals surface area contributed by atoms with E-state index in [2.05, 4.69) is 134 Å². The highest BCUT2D eigenvalue weighted by Gasteiger charge is 2.55. The standard InChI is InChI=1S/C44H70O5Si2/c1-11-13-18-30-38-39(33-32-35(45)25-19-14-15-24-31-42(46)47-12-2)41(34-40(38)48-50(9,10)43(3,4)5)49-51(44(6,7)8,36-26-20-16-21-27-36)37-28-22-17-23-29-37/h14,16-17,19-23,26-29,32-33,35,38-41,45H,11-13,15,18,24-25,30-31,34H2,1-10H3/b19-14-,33-32+/t35-,38+,39-,40+,41-/m1/s1. The number of carbonyl (C=O) groups excluding carboxylic acids is 1. The van der Waals surface area contributed by atoms with Crippen molar-refractivity contribution in [3.8, 4) is 0 Å². The Morgan fingerprint density at radius 2 is 1.45 bits per heavy atom. The molecule has 1 N–H and O–H groups in total. The summed E-state index contributed by atoms with van der Waals surface area (Å²) >= 11 is 0. The second-order valence-electron chi connectivity index (χ2n) is 17.1. The number of rotatable bonds is 19. The number of unbranched alkanes of at least 4 members (excludes halogenated alkanes) is 3. The highest BCUT2D eigenvalue weighted by atomic mass is 28.4. The molecule has 1 aliphatic carbocycles. The van der Waals surface area contributed by atoms with Gasteiger partial charge in [-0.3, -0.25) is 4.79 Å². The van der Waals surface area contributed by atoms with Gasteiger partial charge in [0.15, 0.2) is 8.32 Å². The number of hydrogen-bond acceptors (Lipinski definition) is 5. The van der Waals surface area contributed by atoms with E-state index in [-0.39, 0.29) is 34.2 Å². The first kappa shape index (κ1) is 43.1. The fourth-order valence-corrected chi connectivity index (χ4v) is 13.5. The second-order valence-corrected chi connectivity index (χ2v) is 26.1. The number of aliphatic hydroxyl groups excluding tert-OH is 1. The molecule has 3 rings (SSSR count). The summed E-state index contributed by atoms with van der Waals surface area (Å²) in [4.78, 5) is 11.7. The first-order valence-corrected chi connectivity index (χ1v) is 24.5. The summed E-state index contributed by atoms with van der Waals surface area (Å²) in [5.41, 5.74) is 0. The van der Waals surface area contributed by atoms with E-state index >= 15 is 0 Å². The van der Waals surface area contributed by atoms with E-state index < -0.39 is 22.7 Å². The van der Waals surface area contributed by atoms with Gasteiger partial charge in [-0.05, 0) is 78.5 Å². The quantitative estimate of drug-likeness (QED) is 0.0674. The van der Waals surface area contributed by atoms with Crippen LogP contribution in [0.25, 0.3) is 0 Å². The number of aliphatic hydroxyl groups is 1. The summed E-state index contributed by atoms with van der Waals surface area (Å²) in [6.07, 6.45) is 15.8. The Labute approximate surface area is 313 Å². The molecule has 2 aromatic carbocycles. The van der Waals surface area contributed by atoms with E-state index in [4.69, 9.17) is 13.6 Å². The molecule has 1 fully saturated rings. The van der Waals surface area contributed by atoms with Crippen LogP contribution < -0.4 is 10.4 Å². The van der Waals surface area contributed by atoms with Gasteiger partial charge in [-0.1, -0.05) is 153 Å². The predicted octanol–water partition coefficient (Wildman–Crippen LogP) is 10.1. The van der Waals surface area contributed by atoms with Crippen molar-refractivity contribution < 1.29 is 23.5 Å². The third-order valence-corrected chi connectivity index (χ3v) is 20.7. The van der Waals surface area contributed by atoms with Crippen LogP contribution in [-0.4, -0.2) is 52.6 Å². The molecule has 7 heteroatoms. The van der Waals surface area contributed by atoms with Gasteiger partial charge in [-0.25, -0.2) is 0 Å². The largest absolute Gasteiger partial charge is 0.466 e. The molecular weight excluding hydrogens is 665 g/mol. The molecule has 2 aromatic rings. The SMILES string of the molecule is CCCCC[C@H]1[C@@H](/C=C/[C@H](O)C/C=C\CCCC(=O)OCC)[C@H](O[Si](c2ccccc2)(c2ccccc2)C(C)(C)C)C[C@@H]1O[Si](C)(C)C(C)(C)C. The predicted molar refractivity (Wildman–Crippen MR) is 220 cm³/mol. The second kappa shape index (κ2) is 19.7. The molecule has 0 aromatic heterocycles. The van der Waals surface area contributed by atoms with Crippen LogP contribution in [0.3, 0.4) is 0 Å². The molecular formula is C44H70O5Si2. The average molecular weight is 735 g/mol. The normalized spacial score (nSPS) is 21.1. The van der Waals surface area contributed by atoms with E-state index in [1.54, 1.807) is 0 Å². The summed E-state index contributed by atoms with van der Waals surface area (Å²) in [6, 6.07) is 21.9. The van der Waals surface area contributed by atoms with Crippen LogP contribution in [0.15, 0.2) is 85.0 Å². The maximum absolute atomic E-state index is 11.7. The summed E-state index contributed by atoms with van der Waals surface area (Å²) in [7, 11) is -4.92. The zero-order valence-electron chi connectivity index (χ0n) is 33.6. The van der Waals surface area contributed by atoms with Crippen LogP contribution in [0, 0.1) is 11.8 Å². The summed E-state index contributed by atoms with van der Waals surface area (Å²) in [6.45, 7) is 23.3. The molecule has 0 unspecified atom stereocenters. The van der Waals surface area contributed by atoms with E-state index in [9.17, 15) is 9.90 Å². The molecule has 5 nitrogen and oxygen atoms in total. The van der Waals surface area contributed by atoms with Crippen molar-refractivity contribution in [1.29, 1.82) is 0 Å². The van der Waals surface area contributed by atoms with Gasteiger partial charge in [0.1, 0.15) is 0 Å². The lowest BCUT2D eigenvalue weighted by molar-refractivity contribution is -0.143. The molecule has 284 valence electrons. The highest BCUT2D eigenvalue weighted by molar-refractivity contribution is 6.99. The number of ether oxygens (including phenoxy) is 1. The topological polar surface area (TPSA) is 65.0 Å². The van der Waals surface area contributed by atoms with Gasteiger partial charge in [-0.15, -0.1) is 0 Å². The van der Waals surface area contributed by atoms with Crippen LogP contribution in [0.2, 0.25) is 23.2 Å². The smallest absolute Gasteiger partial charge is 0.305 e. The molecule has 0 spiro atoms. The Hall–Kier alpha value is -2.30. The molecule has 0 heterocycles. The molecule has 0 amide bonds. The fourth-order valence-electron chi connectivity index (χ4n) is 7.38. The van der Waals surface area contributed by atoms with Crippen LogP contribution in [-0.2, 0) is 18.4 Å². The summed E-state index contributed by atoms with van der Waals surface area (Å²) in [5, 5.41) is 13.8. The zero-order valence-corrected chi connectivity index (χ0v) is 35.6. The Kier molecular flexibility index (Phi) is 16.6. The molecule has 0 bridgehead atoms. The van der Waals surface area contributed by atoms with Crippen molar-refractivity contribution in [3.05, 3.63) is 85.0 Å². The minimum absolute atomic E-state index is 0.0560. The maximum Gasteiger partial charge on any atom is 0.305 e. The zero-order chi connectivity index (χ0) is 37.7. The number of benzene rings is 2.